The summed E-state index contributed by atoms with van der Waals surface area (Å²) in [6.45, 7) is 3.21. The summed E-state index contributed by atoms with van der Waals surface area (Å²) in [5.74, 6) is -0.580. The van der Waals surface area contributed by atoms with Crippen LogP contribution in [-0.2, 0) is 14.4 Å². The first-order chi connectivity index (χ1) is 10.5. The summed E-state index contributed by atoms with van der Waals surface area (Å²) in [5, 5.41) is 12.2. The molecule has 0 aromatic rings. The minimum Gasteiger partial charge on any atom is -0.480 e. The second kappa shape index (κ2) is 7.61. The average molecular weight is 310 g/mol. The molecule has 1 aliphatic carbocycles. The fourth-order valence-corrected chi connectivity index (χ4v) is 3.78. The first-order valence-electron chi connectivity index (χ1n) is 8.33. The minimum atomic E-state index is -0.886. The van der Waals surface area contributed by atoms with Crippen LogP contribution in [0.2, 0.25) is 0 Å². The molecule has 0 bridgehead atoms. The van der Waals surface area contributed by atoms with E-state index in [-0.39, 0.29) is 24.2 Å². The van der Waals surface area contributed by atoms with Gasteiger partial charge in [0.2, 0.25) is 11.8 Å². The van der Waals surface area contributed by atoms with Gasteiger partial charge in [-0.05, 0) is 37.5 Å². The van der Waals surface area contributed by atoms with E-state index < -0.39 is 12.0 Å². The summed E-state index contributed by atoms with van der Waals surface area (Å²) in [6.07, 6.45) is 4.95. The number of amides is 2. The van der Waals surface area contributed by atoms with Crippen molar-refractivity contribution in [1.82, 2.24) is 10.2 Å². The molecule has 2 N–H and O–H groups in total. The van der Waals surface area contributed by atoms with E-state index in [2.05, 4.69) is 5.32 Å². The molecule has 2 rings (SSSR count). The van der Waals surface area contributed by atoms with E-state index in [4.69, 9.17) is 0 Å². The lowest BCUT2D eigenvalue weighted by Gasteiger charge is -2.24. The summed E-state index contributed by atoms with van der Waals surface area (Å²) in [7, 11) is 0. The van der Waals surface area contributed by atoms with Crippen molar-refractivity contribution in [1.29, 1.82) is 0 Å². The summed E-state index contributed by atoms with van der Waals surface area (Å²) in [6, 6.07) is -0.658. The van der Waals surface area contributed by atoms with Gasteiger partial charge in [0.15, 0.2) is 0 Å². The van der Waals surface area contributed by atoms with Crippen molar-refractivity contribution < 1.29 is 19.5 Å². The molecule has 0 aromatic heterocycles. The van der Waals surface area contributed by atoms with Gasteiger partial charge in [-0.1, -0.05) is 13.3 Å². The second-order valence-electron chi connectivity index (χ2n) is 6.39. The number of nitrogens with one attached hydrogen (secondary N) is 1. The van der Waals surface area contributed by atoms with Crippen LogP contribution in [0.25, 0.3) is 0 Å². The van der Waals surface area contributed by atoms with Gasteiger partial charge in [-0.25, -0.2) is 4.79 Å². The number of rotatable bonds is 7. The molecule has 6 nitrogen and oxygen atoms in total. The second-order valence-corrected chi connectivity index (χ2v) is 6.39. The normalized spacial score (nSPS) is 26.8. The third kappa shape index (κ3) is 3.78. The monoisotopic (exact) mass is 310 g/mol. The number of aliphatic carboxylic acids is 1. The third-order valence-electron chi connectivity index (χ3n) is 4.83. The Morgan fingerprint density at radius 1 is 1.23 bits per heavy atom. The van der Waals surface area contributed by atoms with Crippen LogP contribution in [0.5, 0.6) is 0 Å². The number of carboxylic acids is 1. The van der Waals surface area contributed by atoms with E-state index in [1.807, 2.05) is 6.92 Å². The summed E-state index contributed by atoms with van der Waals surface area (Å²) in [5.41, 5.74) is 0. The molecule has 3 atom stereocenters. The van der Waals surface area contributed by atoms with Crippen molar-refractivity contribution in [2.45, 2.75) is 57.9 Å². The lowest BCUT2D eigenvalue weighted by molar-refractivity contribution is -0.149. The first kappa shape index (κ1) is 16.8. The van der Waals surface area contributed by atoms with Gasteiger partial charge in [0.25, 0.3) is 0 Å². The smallest absolute Gasteiger partial charge is 0.326 e. The predicted molar refractivity (Wildman–Crippen MR) is 81.1 cm³/mol. The Bertz CT molecular complexity index is 438. The van der Waals surface area contributed by atoms with Crippen molar-refractivity contribution in [3.05, 3.63) is 0 Å². The first-order valence-corrected chi connectivity index (χ1v) is 8.33. The lowest BCUT2D eigenvalue weighted by Crippen LogP contribution is -2.43. The molecular weight excluding hydrogens is 284 g/mol. The Kier molecular flexibility index (Phi) is 5.80. The molecule has 1 heterocycles. The maximum absolute atomic E-state index is 12.3. The number of fused-ring (bicyclic) bond motifs is 1. The van der Waals surface area contributed by atoms with Crippen LogP contribution in [0.3, 0.4) is 0 Å². The van der Waals surface area contributed by atoms with Crippen LogP contribution >= 0.6 is 0 Å². The molecular formula is C16H26N2O4. The van der Waals surface area contributed by atoms with Crippen LogP contribution in [0.15, 0.2) is 0 Å². The molecule has 1 saturated heterocycles. The molecule has 0 spiro atoms. The van der Waals surface area contributed by atoms with Gasteiger partial charge in [-0.3, -0.25) is 9.59 Å². The quantitative estimate of drug-likeness (QED) is 0.744. The van der Waals surface area contributed by atoms with Crippen molar-refractivity contribution >= 4 is 17.8 Å². The highest BCUT2D eigenvalue weighted by atomic mass is 16.4. The maximum atomic E-state index is 12.3. The van der Waals surface area contributed by atoms with Crippen LogP contribution < -0.4 is 5.32 Å². The van der Waals surface area contributed by atoms with E-state index in [9.17, 15) is 19.5 Å². The molecule has 3 unspecified atom stereocenters. The van der Waals surface area contributed by atoms with Crippen LogP contribution in [0.1, 0.15) is 51.9 Å². The molecule has 22 heavy (non-hydrogen) atoms. The highest BCUT2D eigenvalue weighted by molar-refractivity contribution is 5.85. The summed E-state index contributed by atoms with van der Waals surface area (Å²) < 4.78 is 0. The van der Waals surface area contributed by atoms with Gasteiger partial charge in [0.1, 0.15) is 6.04 Å². The van der Waals surface area contributed by atoms with Gasteiger partial charge in [-0.2, -0.15) is 0 Å². The third-order valence-corrected chi connectivity index (χ3v) is 4.83. The summed E-state index contributed by atoms with van der Waals surface area (Å²) in [4.78, 5) is 36.9. The minimum absolute atomic E-state index is 0.0391. The number of hydrogen-bond donors (Lipinski definition) is 2. The molecule has 2 aliphatic rings. The van der Waals surface area contributed by atoms with E-state index in [0.29, 0.717) is 31.8 Å². The predicted octanol–water partition coefficient (Wildman–Crippen LogP) is 1.39. The number of carbonyl (C=O) groups excluding carboxylic acids is 2. The Morgan fingerprint density at radius 3 is 2.68 bits per heavy atom. The Labute approximate surface area is 131 Å². The van der Waals surface area contributed by atoms with Crippen molar-refractivity contribution in [2.75, 3.05) is 13.1 Å². The Hall–Kier alpha value is -1.59. The van der Waals surface area contributed by atoms with Gasteiger partial charge in [-0.15, -0.1) is 0 Å². The largest absolute Gasteiger partial charge is 0.480 e. The van der Waals surface area contributed by atoms with Gasteiger partial charge in [0.05, 0.1) is 0 Å². The van der Waals surface area contributed by atoms with Crippen LogP contribution in [0.4, 0.5) is 0 Å². The highest BCUT2D eigenvalue weighted by Gasteiger charge is 2.49. The molecule has 1 aliphatic heterocycles. The SMILES string of the molecule is CCCNC(=O)CCCC(=O)N1CC2CCCC2C1C(=O)O. The number of carbonyl (C=O) groups is 3. The van der Waals surface area contributed by atoms with Crippen LogP contribution in [0, 0.1) is 11.8 Å². The Morgan fingerprint density at radius 2 is 2.00 bits per heavy atom. The molecule has 0 radical (unpaired) electrons. The maximum Gasteiger partial charge on any atom is 0.326 e. The topological polar surface area (TPSA) is 86.7 Å². The zero-order valence-electron chi connectivity index (χ0n) is 13.2. The molecule has 124 valence electrons. The fourth-order valence-electron chi connectivity index (χ4n) is 3.78. The van der Waals surface area contributed by atoms with E-state index in [1.165, 1.54) is 0 Å². The summed E-state index contributed by atoms with van der Waals surface area (Å²) >= 11 is 0. The highest BCUT2D eigenvalue weighted by Crippen LogP contribution is 2.42. The van der Waals surface area contributed by atoms with E-state index >= 15 is 0 Å². The standard InChI is InChI=1S/C16H26N2O4/c1-2-9-17-13(19)7-4-8-14(20)18-10-11-5-3-6-12(11)15(18)16(21)22/h11-12,15H,2-10H2,1H3,(H,17,19)(H,21,22). The van der Waals surface area contributed by atoms with E-state index in [0.717, 1.165) is 25.7 Å². The molecule has 2 fully saturated rings. The van der Waals surface area contributed by atoms with Crippen LogP contribution in [-0.4, -0.2) is 46.9 Å². The average Bonchev–Trinajstić information content (AvgIpc) is 3.04. The number of likely N-dealkylation sites (tertiary alicyclic amines) is 1. The van der Waals surface area contributed by atoms with E-state index in [1.54, 1.807) is 4.90 Å². The van der Waals surface area contributed by atoms with Gasteiger partial charge in [0, 0.05) is 25.9 Å². The Balaban J connectivity index is 1.81. The van der Waals surface area contributed by atoms with Crippen molar-refractivity contribution in [3.63, 3.8) is 0 Å². The molecule has 0 aromatic carbocycles. The fraction of sp³-hybridized carbons (Fsp3) is 0.812. The number of carboxylic acid groups (broad SMARTS) is 1. The van der Waals surface area contributed by atoms with Crippen molar-refractivity contribution in [2.24, 2.45) is 11.8 Å². The number of hydrogen-bond acceptors (Lipinski definition) is 3. The van der Waals surface area contributed by atoms with Gasteiger partial charge < -0.3 is 15.3 Å². The molecule has 2 amide bonds. The zero-order chi connectivity index (χ0) is 16.1. The van der Waals surface area contributed by atoms with Gasteiger partial charge >= 0.3 is 5.97 Å². The van der Waals surface area contributed by atoms with Crippen molar-refractivity contribution in [3.8, 4) is 0 Å². The lowest BCUT2D eigenvalue weighted by atomic mass is 9.94. The zero-order valence-corrected chi connectivity index (χ0v) is 13.2. The molecule has 6 heteroatoms. The molecule has 1 saturated carbocycles. The number of nitrogens with zero attached hydrogens (tertiary/aromatic N) is 1.